The largest absolute Gasteiger partial charge is 0.469 e. The van der Waals surface area contributed by atoms with Gasteiger partial charge in [0.25, 0.3) is 5.56 Å². The number of methoxy groups -OCH3 is 1. The normalized spacial score (nSPS) is 10.3. The number of esters is 1. The second kappa shape index (κ2) is 5.92. The van der Waals surface area contributed by atoms with E-state index in [1.165, 1.54) is 24.7 Å². The molecule has 0 fully saturated rings. The number of rotatable bonds is 5. The number of ether oxygens (including phenoxy) is 1. The van der Waals surface area contributed by atoms with Crippen molar-refractivity contribution < 1.29 is 9.53 Å². The number of unbranched alkanes of at least 4 members (excludes halogenated alkanes) is 1. The van der Waals surface area contributed by atoms with Crippen LogP contribution in [0.3, 0.4) is 0 Å². The van der Waals surface area contributed by atoms with Gasteiger partial charge < -0.3 is 4.74 Å². The number of hydrogen-bond donors (Lipinski definition) is 0. The van der Waals surface area contributed by atoms with Gasteiger partial charge in [0.1, 0.15) is 4.34 Å². The minimum Gasteiger partial charge on any atom is -0.469 e. The third kappa shape index (κ3) is 4.05. The molecule has 0 amide bonds. The molecule has 0 bridgehead atoms. The molecule has 1 aromatic heterocycles. The zero-order chi connectivity index (χ0) is 11.3. The Labute approximate surface area is 96.6 Å². The molecule has 1 aromatic rings. The van der Waals surface area contributed by atoms with Crippen LogP contribution in [0.2, 0.25) is 4.34 Å². The standard InChI is InChI=1S/C9H12ClNO3S/c1-14-9(13)4-2-3-5-11-8(12)6-7(10)15-11/h6H,2-5H2,1H3. The molecule has 0 aliphatic carbocycles. The zero-order valence-electron chi connectivity index (χ0n) is 8.36. The Morgan fingerprint density at radius 1 is 1.60 bits per heavy atom. The molecule has 84 valence electrons. The molecule has 0 aliphatic rings. The van der Waals surface area contributed by atoms with Crippen molar-refractivity contribution in [3.8, 4) is 0 Å². The fourth-order valence-electron chi connectivity index (χ4n) is 1.13. The molecule has 0 saturated carbocycles. The summed E-state index contributed by atoms with van der Waals surface area (Å²) in [5, 5.41) is 0. The summed E-state index contributed by atoms with van der Waals surface area (Å²) >= 11 is 6.91. The second-order valence-corrected chi connectivity index (χ2v) is 4.71. The van der Waals surface area contributed by atoms with Crippen LogP contribution in [-0.2, 0) is 16.1 Å². The quantitative estimate of drug-likeness (QED) is 0.592. The third-order valence-electron chi connectivity index (χ3n) is 1.90. The molecule has 1 heterocycles. The number of hydrogen-bond acceptors (Lipinski definition) is 4. The monoisotopic (exact) mass is 249 g/mol. The van der Waals surface area contributed by atoms with Crippen LogP contribution in [0.4, 0.5) is 0 Å². The predicted molar refractivity (Wildman–Crippen MR) is 59.5 cm³/mol. The molecule has 0 aliphatic heterocycles. The first-order chi connectivity index (χ1) is 7.13. The van der Waals surface area contributed by atoms with E-state index in [2.05, 4.69) is 4.74 Å². The summed E-state index contributed by atoms with van der Waals surface area (Å²) in [6.07, 6.45) is 1.88. The number of carbonyl (C=O) groups is 1. The summed E-state index contributed by atoms with van der Waals surface area (Å²) in [7, 11) is 1.37. The van der Waals surface area contributed by atoms with E-state index in [9.17, 15) is 9.59 Å². The lowest BCUT2D eigenvalue weighted by Crippen LogP contribution is -2.12. The van der Waals surface area contributed by atoms with E-state index < -0.39 is 0 Å². The maximum atomic E-state index is 11.2. The van der Waals surface area contributed by atoms with E-state index in [1.807, 2.05) is 0 Å². The first-order valence-corrected chi connectivity index (χ1v) is 5.72. The maximum absolute atomic E-state index is 11.2. The van der Waals surface area contributed by atoms with Gasteiger partial charge in [-0.15, -0.1) is 0 Å². The van der Waals surface area contributed by atoms with E-state index in [-0.39, 0.29) is 11.5 Å². The van der Waals surface area contributed by atoms with Crippen molar-refractivity contribution in [3.05, 3.63) is 20.8 Å². The molecule has 1 rings (SSSR count). The van der Waals surface area contributed by atoms with Crippen LogP contribution >= 0.6 is 23.1 Å². The molecule has 6 heteroatoms. The van der Waals surface area contributed by atoms with Gasteiger partial charge in [-0.1, -0.05) is 11.6 Å². The highest BCUT2D eigenvalue weighted by Crippen LogP contribution is 2.12. The van der Waals surface area contributed by atoms with Gasteiger partial charge >= 0.3 is 5.97 Å². The van der Waals surface area contributed by atoms with Crippen molar-refractivity contribution in [1.82, 2.24) is 3.96 Å². The summed E-state index contributed by atoms with van der Waals surface area (Å²) < 4.78 is 6.58. The van der Waals surface area contributed by atoms with Gasteiger partial charge in [-0.25, -0.2) is 0 Å². The van der Waals surface area contributed by atoms with Crippen LogP contribution in [0.5, 0.6) is 0 Å². The van der Waals surface area contributed by atoms with Gasteiger partial charge in [0.2, 0.25) is 0 Å². The maximum Gasteiger partial charge on any atom is 0.305 e. The highest BCUT2D eigenvalue weighted by atomic mass is 35.5. The predicted octanol–water partition coefficient (Wildman–Crippen LogP) is 1.91. The highest BCUT2D eigenvalue weighted by molar-refractivity contribution is 7.11. The zero-order valence-corrected chi connectivity index (χ0v) is 9.94. The summed E-state index contributed by atoms with van der Waals surface area (Å²) in [6.45, 7) is 0.604. The molecular formula is C9H12ClNO3S. The van der Waals surface area contributed by atoms with E-state index in [0.29, 0.717) is 23.7 Å². The molecule has 0 atom stereocenters. The van der Waals surface area contributed by atoms with E-state index in [4.69, 9.17) is 11.6 Å². The lowest BCUT2D eigenvalue weighted by Gasteiger charge is -2.00. The second-order valence-electron chi connectivity index (χ2n) is 3.01. The number of halogens is 1. The van der Waals surface area contributed by atoms with Crippen molar-refractivity contribution in [2.24, 2.45) is 0 Å². The fraction of sp³-hybridized carbons (Fsp3) is 0.556. The van der Waals surface area contributed by atoms with Crippen molar-refractivity contribution in [2.45, 2.75) is 25.8 Å². The molecule has 0 aromatic carbocycles. The average Bonchev–Trinajstić information content (AvgIpc) is 2.52. The van der Waals surface area contributed by atoms with E-state index >= 15 is 0 Å². The van der Waals surface area contributed by atoms with Crippen LogP contribution in [0, 0.1) is 0 Å². The minimum absolute atomic E-state index is 0.0805. The van der Waals surface area contributed by atoms with Crippen LogP contribution in [0.15, 0.2) is 10.9 Å². The van der Waals surface area contributed by atoms with E-state index in [0.717, 1.165) is 6.42 Å². The Morgan fingerprint density at radius 2 is 2.33 bits per heavy atom. The molecule has 0 unspecified atom stereocenters. The summed E-state index contributed by atoms with van der Waals surface area (Å²) in [6, 6.07) is 1.40. The fourth-order valence-corrected chi connectivity index (χ4v) is 2.20. The topological polar surface area (TPSA) is 48.3 Å². The minimum atomic E-state index is -0.216. The van der Waals surface area contributed by atoms with Crippen molar-refractivity contribution in [3.63, 3.8) is 0 Å². The number of aryl methyl sites for hydroxylation is 1. The molecule has 0 radical (unpaired) electrons. The van der Waals surface area contributed by atoms with Gasteiger partial charge in [-0.2, -0.15) is 0 Å². The number of aromatic nitrogens is 1. The van der Waals surface area contributed by atoms with Crippen LogP contribution in [-0.4, -0.2) is 17.0 Å². The number of carbonyl (C=O) groups excluding carboxylic acids is 1. The Hall–Kier alpha value is -0.810. The molecule has 4 nitrogen and oxygen atoms in total. The Bertz CT molecular complexity index is 385. The lowest BCUT2D eigenvalue weighted by atomic mass is 10.2. The first kappa shape index (κ1) is 12.3. The molecule has 0 saturated heterocycles. The average molecular weight is 250 g/mol. The Balaban J connectivity index is 2.29. The van der Waals surface area contributed by atoms with Gasteiger partial charge in [-0.05, 0) is 24.4 Å². The molecule has 0 spiro atoms. The lowest BCUT2D eigenvalue weighted by molar-refractivity contribution is -0.140. The summed E-state index contributed by atoms with van der Waals surface area (Å²) in [4.78, 5) is 22.0. The molecule has 15 heavy (non-hydrogen) atoms. The van der Waals surface area contributed by atoms with Gasteiger partial charge in [0, 0.05) is 19.0 Å². The van der Waals surface area contributed by atoms with Crippen molar-refractivity contribution in [1.29, 1.82) is 0 Å². The van der Waals surface area contributed by atoms with Crippen molar-refractivity contribution in [2.75, 3.05) is 7.11 Å². The van der Waals surface area contributed by atoms with Gasteiger partial charge in [-0.3, -0.25) is 13.5 Å². The van der Waals surface area contributed by atoms with Crippen LogP contribution in [0.25, 0.3) is 0 Å². The summed E-state index contributed by atoms with van der Waals surface area (Å²) in [5.41, 5.74) is -0.0805. The third-order valence-corrected chi connectivity index (χ3v) is 3.09. The van der Waals surface area contributed by atoms with E-state index in [1.54, 1.807) is 3.96 Å². The smallest absolute Gasteiger partial charge is 0.305 e. The Morgan fingerprint density at radius 3 is 2.87 bits per heavy atom. The van der Waals surface area contributed by atoms with Crippen molar-refractivity contribution >= 4 is 29.1 Å². The first-order valence-electron chi connectivity index (χ1n) is 4.57. The molecule has 0 N–H and O–H groups in total. The number of nitrogens with zero attached hydrogens (tertiary/aromatic N) is 1. The summed E-state index contributed by atoms with van der Waals surface area (Å²) in [5.74, 6) is -0.216. The SMILES string of the molecule is COC(=O)CCCCn1sc(Cl)cc1=O. The van der Waals surface area contributed by atoms with Gasteiger partial charge in [0.15, 0.2) is 0 Å². The van der Waals surface area contributed by atoms with Crippen LogP contribution < -0.4 is 5.56 Å². The molecular weight excluding hydrogens is 238 g/mol. The van der Waals surface area contributed by atoms with Crippen LogP contribution in [0.1, 0.15) is 19.3 Å². The van der Waals surface area contributed by atoms with Gasteiger partial charge in [0.05, 0.1) is 7.11 Å². The Kier molecular flexibility index (Phi) is 4.84. The highest BCUT2D eigenvalue weighted by Gasteiger charge is 2.03.